The highest BCUT2D eigenvalue weighted by molar-refractivity contribution is 5.78. The van der Waals surface area contributed by atoms with Crippen LogP contribution in [0.25, 0.3) is 0 Å². The predicted molar refractivity (Wildman–Crippen MR) is 42.2 cm³/mol. The first kappa shape index (κ1) is 10.4. The van der Waals surface area contributed by atoms with Gasteiger partial charge in [0.15, 0.2) is 5.60 Å². The van der Waals surface area contributed by atoms with Crippen LogP contribution in [0.5, 0.6) is 0 Å². The van der Waals surface area contributed by atoms with Crippen LogP contribution in [0.15, 0.2) is 0 Å². The fourth-order valence-electron chi connectivity index (χ4n) is 0.486. The summed E-state index contributed by atoms with van der Waals surface area (Å²) in [7, 11) is 0. The van der Waals surface area contributed by atoms with Crippen LogP contribution in [-0.4, -0.2) is 23.3 Å². The van der Waals surface area contributed by atoms with Gasteiger partial charge in [-0.1, -0.05) is 13.3 Å². The Morgan fingerprint density at radius 1 is 1.55 bits per heavy atom. The maximum atomic E-state index is 10.9. The maximum Gasteiger partial charge on any atom is 0.337 e. The number of ether oxygens (including phenoxy) is 1. The lowest BCUT2D eigenvalue weighted by molar-refractivity contribution is -0.161. The lowest BCUT2D eigenvalue weighted by Crippen LogP contribution is -2.33. The van der Waals surface area contributed by atoms with E-state index in [0.29, 0.717) is 6.61 Å². The van der Waals surface area contributed by atoms with Gasteiger partial charge < -0.3 is 9.84 Å². The third-order valence-electron chi connectivity index (χ3n) is 1.23. The fraction of sp³-hybridized carbons (Fsp3) is 0.875. The monoisotopic (exact) mass is 160 g/mol. The van der Waals surface area contributed by atoms with E-state index in [1.807, 2.05) is 6.92 Å². The first-order chi connectivity index (χ1) is 4.98. The van der Waals surface area contributed by atoms with Gasteiger partial charge in [-0.2, -0.15) is 0 Å². The van der Waals surface area contributed by atoms with Gasteiger partial charge in [-0.25, -0.2) is 4.79 Å². The summed E-state index contributed by atoms with van der Waals surface area (Å²) in [5.74, 6) is -0.550. The van der Waals surface area contributed by atoms with Crippen LogP contribution >= 0.6 is 0 Å². The number of esters is 1. The van der Waals surface area contributed by atoms with Crippen LogP contribution < -0.4 is 0 Å². The van der Waals surface area contributed by atoms with Crippen molar-refractivity contribution in [2.45, 2.75) is 39.2 Å². The SMILES string of the molecule is CCCCOC(=O)C(C)(C)O. The summed E-state index contributed by atoms with van der Waals surface area (Å²) in [4.78, 5) is 10.9. The lowest BCUT2D eigenvalue weighted by Gasteiger charge is -2.14. The third kappa shape index (κ3) is 4.79. The Morgan fingerprint density at radius 3 is 2.45 bits per heavy atom. The van der Waals surface area contributed by atoms with Crippen LogP contribution in [0.3, 0.4) is 0 Å². The van der Waals surface area contributed by atoms with Gasteiger partial charge >= 0.3 is 5.97 Å². The van der Waals surface area contributed by atoms with E-state index >= 15 is 0 Å². The van der Waals surface area contributed by atoms with E-state index in [1.54, 1.807) is 0 Å². The second-order valence-electron chi connectivity index (χ2n) is 3.05. The average Bonchev–Trinajstić information content (AvgIpc) is 1.86. The zero-order valence-corrected chi connectivity index (χ0v) is 7.39. The highest BCUT2D eigenvalue weighted by atomic mass is 16.5. The van der Waals surface area contributed by atoms with E-state index in [2.05, 4.69) is 0 Å². The molecule has 0 fully saturated rings. The standard InChI is InChI=1S/C8H16O3/c1-4-5-6-11-7(9)8(2,3)10/h10H,4-6H2,1-3H3. The molecule has 11 heavy (non-hydrogen) atoms. The van der Waals surface area contributed by atoms with Crippen LogP contribution in [0.2, 0.25) is 0 Å². The van der Waals surface area contributed by atoms with Crippen LogP contribution in [0, 0.1) is 0 Å². The molecular weight excluding hydrogens is 144 g/mol. The summed E-state index contributed by atoms with van der Waals surface area (Å²) >= 11 is 0. The first-order valence-electron chi connectivity index (χ1n) is 3.88. The summed E-state index contributed by atoms with van der Waals surface area (Å²) < 4.78 is 4.76. The van der Waals surface area contributed by atoms with Crippen LogP contribution in [0.1, 0.15) is 33.6 Å². The molecule has 66 valence electrons. The molecule has 0 aromatic heterocycles. The molecule has 3 nitrogen and oxygen atoms in total. The van der Waals surface area contributed by atoms with Crippen molar-refractivity contribution in [1.29, 1.82) is 0 Å². The molecule has 0 aliphatic heterocycles. The van der Waals surface area contributed by atoms with Gasteiger partial charge in [-0.3, -0.25) is 0 Å². The second kappa shape index (κ2) is 4.34. The summed E-state index contributed by atoms with van der Waals surface area (Å²) in [6.45, 7) is 5.25. The molecule has 0 aliphatic carbocycles. The molecular formula is C8H16O3. The molecule has 0 aliphatic rings. The largest absolute Gasteiger partial charge is 0.464 e. The van der Waals surface area contributed by atoms with Crippen molar-refractivity contribution in [1.82, 2.24) is 0 Å². The number of hydrogen-bond acceptors (Lipinski definition) is 3. The smallest absolute Gasteiger partial charge is 0.337 e. The molecule has 0 bridgehead atoms. The van der Waals surface area contributed by atoms with Gasteiger partial charge in [-0.15, -0.1) is 0 Å². The van der Waals surface area contributed by atoms with Crippen LogP contribution in [0.4, 0.5) is 0 Å². The Balaban J connectivity index is 3.54. The average molecular weight is 160 g/mol. The molecule has 0 spiro atoms. The number of unbranched alkanes of at least 4 members (excludes halogenated alkanes) is 1. The van der Waals surface area contributed by atoms with Crippen LogP contribution in [-0.2, 0) is 9.53 Å². The Labute approximate surface area is 67.4 Å². The van der Waals surface area contributed by atoms with Crippen molar-refractivity contribution in [3.8, 4) is 0 Å². The molecule has 0 rings (SSSR count). The first-order valence-corrected chi connectivity index (χ1v) is 3.88. The number of hydrogen-bond donors (Lipinski definition) is 1. The molecule has 0 saturated heterocycles. The van der Waals surface area contributed by atoms with E-state index in [-0.39, 0.29) is 0 Å². The Hall–Kier alpha value is -0.570. The minimum absolute atomic E-state index is 0.402. The Bertz CT molecular complexity index is 124. The number of carbonyl (C=O) groups excluding carboxylic acids is 1. The minimum atomic E-state index is -1.35. The Morgan fingerprint density at radius 2 is 2.09 bits per heavy atom. The summed E-state index contributed by atoms with van der Waals surface area (Å²) in [6, 6.07) is 0. The number of rotatable bonds is 4. The predicted octanol–water partition coefficient (Wildman–Crippen LogP) is 1.10. The molecule has 0 aromatic rings. The van der Waals surface area contributed by atoms with Crippen molar-refractivity contribution >= 4 is 5.97 Å². The molecule has 0 radical (unpaired) electrons. The highest BCUT2D eigenvalue weighted by Crippen LogP contribution is 2.04. The fourth-order valence-corrected chi connectivity index (χ4v) is 0.486. The van der Waals surface area contributed by atoms with E-state index in [9.17, 15) is 4.79 Å². The quantitative estimate of drug-likeness (QED) is 0.495. The number of aliphatic hydroxyl groups is 1. The zero-order chi connectivity index (χ0) is 8.91. The zero-order valence-electron chi connectivity index (χ0n) is 7.39. The molecule has 0 unspecified atom stereocenters. The number of carbonyl (C=O) groups is 1. The van der Waals surface area contributed by atoms with E-state index in [0.717, 1.165) is 12.8 Å². The van der Waals surface area contributed by atoms with E-state index in [4.69, 9.17) is 9.84 Å². The summed E-state index contributed by atoms with van der Waals surface area (Å²) in [6.07, 6.45) is 1.83. The Kier molecular flexibility index (Phi) is 4.11. The summed E-state index contributed by atoms with van der Waals surface area (Å²) in [5.41, 5.74) is -1.35. The van der Waals surface area contributed by atoms with Crippen molar-refractivity contribution in [2.75, 3.05) is 6.61 Å². The van der Waals surface area contributed by atoms with Crippen molar-refractivity contribution < 1.29 is 14.6 Å². The second-order valence-corrected chi connectivity index (χ2v) is 3.05. The highest BCUT2D eigenvalue weighted by Gasteiger charge is 2.24. The minimum Gasteiger partial charge on any atom is -0.464 e. The third-order valence-corrected chi connectivity index (χ3v) is 1.23. The molecule has 0 atom stereocenters. The van der Waals surface area contributed by atoms with Gasteiger partial charge in [0.1, 0.15) is 0 Å². The van der Waals surface area contributed by atoms with Gasteiger partial charge in [0, 0.05) is 0 Å². The molecule has 0 saturated carbocycles. The van der Waals surface area contributed by atoms with Crippen molar-refractivity contribution in [3.05, 3.63) is 0 Å². The van der Waals surface area contributed by atoms with Gasteiger partial charge in [0.25, 0.3) is 0 Å². The molecule has 0 amide bonds. The van der Waals surface area contributed by atoms with E-state index < -0.39 is 11.6 Å². The molecule has 3 heteroatoms. The van der Waals surface area contributed by atoms with Crippen molar-refractivity contribution in [2.24, 2.45) is 0 Å². The molecule has 1 N–H and O–H groups in total. The normalized spacial score (nSPS) is 11.3. The lowest BCUT2D eigenvalue weighted by atomic mass is 10.1. The summed E-state index contributed by atoms with van der Waals surface area (Å²) in [5, 5.41) is 9.11. The van der Waals surface area contributed by atoms with E-state index in [1.165, 1.54) is 13.8 Å². The van der Waals surface area contributed by atoms with Gasteiger partial charge in [0.2, 0.25) is 0 Å². The van der Waals surface area contributed by atoms with Crippen molar-refractivity contribution in [3.63, 3.8) is 0 Å². The van der Waals surface area contributed by atoms with Gasteiger partial charge in [-0.05, 0) is 20.3 Å². The maximum absolute atomic E-state index is 10.9. The molecule has 0 heterocycles. The molecule has 0 aromatic carbocycles. The van der Waals surface area contributed by atoms with Gasteiger partial charge in [0.05, 0.1) is 6.61 Å². The topological polar surface area (TPSA) is 46.5 Å².